The van der Waals surface area contributed by atoms with Crippen LogP contribution in [0.15, 0.2) is 18.2 Å². The molecule has 0 radical (unpaired) electrons. The lowest BCUT2D eigenvalue weighted by Crippen LogP contribution is -2.28. The van der Waals surface area contributed by atoms with E-state index in [2.05, 4.69) is 17.4 Å². The van der Waals surface area contributed by atoms with Crippen LogP contribution in [-0.2, 0) is 6.42 Å². The van der Waals surface area contributed by atoms with Gasteiger partial charge >= 0.3 is 0 Å². The highest BCUT2D eigenvalue weighted by Crippen LogP contribution is 2.32. The maximum absolute atomic E-state index is 5.62. The van der Waals surface area contributed by atoms with Gasteiger partial charge in [0.15, 0.2) is 11.5 Å². The summed E-state index contributed by atoms with van der Waals surface area (Å²) in [7, 11) is 0. The first-order chi connectivity index (χ1) is 8.42. The molecule has 2 aliphatic rings. The van der Waals surface area contributed by atoms with Gasteiger partial charge in [-0.15, -0.1) is 12.4 Å². The Labute approximate surface area is 114 Å². The normalized spacial score (nSPS) is 19.1. The molecule has 1 aromatic rings. The quantitative estimate of drug-likeness (QED) is 0.895. The molecule has 0 aromatic heterocycles. The third kappa shape index (κ3) is 3.09. The van der Waals surface area contributed by atoms with E-state index in [4.69, 9.17) is 9.47 Å². The zero-order chi connectivity index (χ0) is 11.5. The molecule has 18 heavy (non-hydrogen) atoms. The van der Waals surface area contributed by atoms with E-state index >= 15 is 0 Å². The second-order valence-electron chi connectivity index (χ2n) is 4.88. The van der Waals surface area contributed by atoms with Crippen LogP contribution in [-0.4, -0.2) is 26.3 Å². The molecule has 0 unspecified atom stereocenters. The van der Waals surface area contributed by atoms with E-state index in [0.717, 1.165) is 30.5 Å². The van der Waals surface area contributed by atoms with Gasteiger partial charge in [-0.05, 0) is 56.0 Å². The van der Waals surface area contributed by atoms with Crippen LogP contribution in [0.2, 0.25) is 0 Å². The number of hydrogen-bond acceptors (Lipinski definition) is 3. The predicted molar refractivity (Wildman–Crippen MR) is 74.0 cm³/mol. The maximum atomic E-state index is 5.62. The van der Waals surface area contributed by atoms with Crippen molar-refractivity contribution >= 4 is 12.4 Å². The molecule has 3 rings (SSSR count). The molecule has 4 heteroatoms. The summed E-state index contributed by atoms with van der Waals surface area (Å²) < 4.78 is 11.1. The van der Waals surface area contributed by atoms with E-state index in [0.29, 0.717) is 13.2 Å². The summed E-state index contributed by atoms with van der Waals surface area (Å²) in [5.41, 5.74) is 1.38. The predicted octanol–water partition coefficient (Wildman–Crippen LogP) is 2.42. The summed E-state index contributed by atoms with van der Waals surface area (Å²) in [6, 6.07) is 6.37. The Hall–Kier alpha value is -0.930. The molecule has 1 aromatic carbocycles. The molecule has 1 fully saturated rings. The highest BCUT2D eigenvalue weighted by molar-refractivity contribution is 5.85. The molecule has 1 N–H and O–H groups in total. The monoisotopic (exact) mass is 269 g/mol. The molecule has 0 spiro atoms. The molecule has 0 amide bonds. The van der Waals surface area contributed by atoms with Gasteiger partial charge in [0, 0.05) is 0 Å². The summed E-state index contributed by atoms with van der Waals surface area (Å²) in [6.07, 6.45) is 3.74. The van der Waals surface area contributed by atoms with Crippen LogP contribution in [0, 0.1) is 5.92 Å². The van der Waals surface area contributed by atoms with E-state index in [1.165, 1.54) is 24.8 Å². The largest absolute Gasteiger partial charge is 0.486 e. The van der Waals surface area contributed by atoms with E-state index in [1.807, 2.05) is 6.07 Å². The zero-order valence-electron chi connectivity index (χ0n) is 10.5. The molecule has 3 nitrogen and oxygen atoms in total. The van der Waals surface area contributed by atoms with Crippen LogP contribution < -0.4 is 14.8 Å². The van der Waals surface area contributed by atoms with Gasteiger partial charge in [0.25, 0.3) is 0 Å². The van der Waals surface area contributed by atoms with Gasteiger partial charge in [0.05, 0.1) is 0 Å². The topological polar surface area (TPSA) is 30.5 Å². The fourth-order valence-electron chi connectivity index (χ4n) is 2.63. The molecule has 0 bridgehead atoms. The standard InChI is InChI=1S/C14H19NO2.ClH/c1-2-13-14(17-8-7-16-13)10-12(1)9-11-3-5-15-6-4-11;/h1-2,10-11,15H,3-9H2;1H. The summed E-state index contributed by atoms with van der Waals surface area (Å²) in [5, 5.41) is 3.41. The second kappa shape index (κ2) is 6.30. The number of halogens is 1. The van der Waals surface area contributed by atoms with Gasteiger partial charge in [-0.2, -0.15) is 0 Å². The lowest BCUT2D eigenvalue weighted by molar-refractivity contribution is 0.171. The molecule has 2 aliphatic heterocycles. The average Bonchev–Trinajstić information content (AvgIpc) is 2.40. The first-order valence-electron chi connectivity index (χ1n) is 6.51. The van der Waals surface area contributed by atoms with Crippen molar-refractivity contribution in [2.75, 3.05) is 26.3 Å². The molecule has 0 atom stereocenters. The molecule has 0 aliphatic carbocycles. The summed E-state index contributed by atoms with van der Waals surface area (Å²) in [4.78, 5) is 0. The minimum atomic E-state index is 0. The Balaban J connectivity index is 0.00000120. The van der Waals surface area contributed by atoms with Crippen LogP contribution in [0.3, 0.4) is 0 Å². The fourth-order valence-corrected chi connectivity index (χ4v) is 2.63. The number of piperidine rings is 1. The van der Waals surface area contributed by atoms with Crippen LogP contribution in [0.5, 0.6) is 11.5 Å². The highest BCUT2D eigenvalue weighted by Gasteiger charge is 2.16. The third-order valence-corrected chi connectivity index (χ3v) is 3.59. The Morgan fingerprint density at radius 2 is 1.78 bits per heavy atom. The van der Waals surface area contributed by atoms with E-state index in [1.54, 1.807) is 0 Å². The number of ether oxygens (including phenoxy) is 2. The number of hydrogen-bond donors (Lipinski definition) is 1. The van der Waals surface area contributed by atoms with Gasteiger partial charge in [-0.1, -0.05) is 6.07 Å². The minimum absolute atomic E-state index is 0. The van der Waals surface area contributed by atoms with Gasteiger partial charge in [0.1, 0.15) is 13.2 Å². The van der Waals surface area contributed by atoms with Crippen LogP contribution in [0.1, 0.15) is 18.4 Å². The lowest BCUT2D eigenvalue weighted by atomic mass is 9.91. The zero-order valence-corrected chi connectivity index (χ0v) is 11.3. The average molecular weight is 270 g/mol. The fraction of sp³-hybridized carbons (Fsp3) is 0.571. The van der Waals surface area contributed by atoms with Crippen molar-refractivity contribution in [3.8, 4) is 11.5 Å². The Morgan fingerprint density at radius 3 is 2.56 bits per heavy atom. The van der Waals surface area contributed by atoms with E-state index < -0.39 is 0 Å². The Morgan fingerprint density at radius 1 is 1.06 bits per heavy atom. The second-order valence-corrected chi connectivity index (χ2v) is 4.88. The molecule has 1 saturated heterocycles. The number of fused-ring (bicyclic) bond motifs is 1. The summed E-state index contributed by atoms with van der Waals surface area (Å²) in [5.74, 6) is 2.63. The smallest absolute Gasteiger partial charge is 0.161 e. The van der Waals surface area contributed by atoms with Crippen molar-refractivity contribution in [1.29, 1.82) is 0 Å². The lowest BCUT2D eigenvalue weighted by Gasteiger charge is -2.23. The van der Waals surface area contributed by atoms with Crippen LogP contribution in [0.25, 0.3) is 0 Å². The number of rotatable bonds is 2. The van der Waals surface area contributed by atoms with Crippen molar-refractivity contribution in [2.24, 2.45) is 5.92 Å². The van der Waals surface area contributed by atoms with Crippen molar-refractivity contribution in [1.82, 2.24) is 5.32 Å². The number of benzene rings is 1. The Kier molecular flexibility index (Phi) is 4.72. The van der Waals surface area contributed by atoms with Gasteiger partial charge in [-0.25, -0.2) is 0 Å². The maximum Gasteiger partial charge on any atom is 0.161 e. The molecule has 100 valence electrons. The molecule has 0 saturated carbocycles. The van der Waals surface area contributed by atoms with Crippen molar-refractivity contribution < 1.29 is 9.47 Å². The summed E-state index contributed by atoms with van der Waals surface area (Å²) in [6.45, 7) is 3.66. The van der Waals surface area contributed by atoms with Crippen LogP contribution >= 0.6 is 12.4 Å². The SMILES string of the molecule is Cl.c1cc2c(cc1CC1CCNCC1)OCCO2. The third-order valence-electron chi connectivity index (χ3n) is 3.59. The van der Waals surface area contributed by atoms with Crippen molar-refractivity contribution in [3.05, 3.63) is 23.8 Å². The first kappa shape index (κ1) is 13.5. The van der Waals surface area contributed by atoms with Crippen molar-refractivity contribution in [3.63, 3.8) is 0 Å². The molecular weight excluding hydrogens is 250 g/mol. The van der Waals surface area contributed by atoms with Crippen molar-refractivity contribution in [2.45, 2.75) is 19.3 Å². The van der Waals surface area contributed by atoms with Gasteiger partial charge < -0.3 is 14.8 Å². The molecule has 2 heterocycles. The number of nitrogens with one attached hydrogen (secondary N) is 1. The van der Waals surface area contributed by atoms with Crippen LogP contribution in [0.4, 0.5) is 0 Å². The van der Waals surface area contributed by atoms with Gasteiger partial charge in [0.2, 0.25) is 0 Å². The Bertz CT molecular complexity index is 391. The molecular formula is C14H20ClNO2. The minimum Gasteiger partial charge on any atom is -0.486 e. The van der Waals surface area contributed by atoms with Gasteiger partial charge in [-0.3, -0.25) is 0 Å². The first-order valence-corrected chi connectivity index (χ1v) is 6.51. The van der Waals surface area contributed by atoms with E-state index in [9.17, 15) is 0 Å². The highest BCUT2D eigenvalue weighted by atomic mass is 35.5. The summed E-state index contributed by atoms with van der Waals surface area (Å²) >= 11 is 0. The van der Waals surface area contributed by atoms with E-state index in [-0.39, 0.29) is 12.4 Å².